The topological polar surface area (TPSA) is 55.1 Å². The maximum atomic E-state index is 4.65. The lowest BCUT2D eigenvalue weighted by atomic mass is 10.1. The minimum absolute atomic E-state index is 0.699. The molecule has 1 aliphatic carbocycles. The van der Waals surface area contributed by atoms with Crippen molar-refractivity contribution in [2.75, 3.05) is 5.32 Å². The van der Waals surface area contributed by atoms with Crippen molar-refractivity contribution in [2.45, 2.75) is 39.7 Å². The summed E-state index contributed by atoms with van der Waals surface area (Å²) in [7, 11) is 0. The smallest absolute Gasteiger partial charge is 0.254 e. The quantitative estimate of drug-likeness (QED) is 0.807. The van der Waals surface area contributed by atoms with Gasteiger partial charge in [0, 0.05) is 12.1 Å². The molecule has 0 aliphatic heterocycles. The number of hydrogen-bond acceptors (Lipinski definition) is 4. The first kappa shape index (κ1) is 13.2. The monoisotopic (exact) mass is 293 g/mol. The highest BCUT2D eigenvalue weighted by Gasteiger charge is 2.21. The van der Waals surface area contributed by atoms with Gasteiger partial charge in [0.25, 0.3) is 5.78 Å². The van der Waals surface area contributed by atoms with Crippen molar-refractivity contribution >= 4 is 11.6 Å². The van der Waals surface area contributed by atoms with Crippen molar-refractivity contribution in [2.24, 2.45) is 0 Å². The van der Waals surface area contributed by atoms with Gasteiger partial charge in [-0.2, -0.15) is 9.50 Å². The second-order valence-electron chi connectivity index (χ2n) is 5.95. The third-order valence-corrected chi connectivity index (χ3v) is 4.20. The van der Waals surface area contributed by atoms with Gasteiger partial charge in [-0.3, -0.25) is 0 Å². The van der Waals surface area contributed by atoms with E-state index in [-0.39, 0.29) is 0 Å². The molecular formula is C17H19N5. The number of aromatic nitrogens is 4. The minimum atomic E-state index is 0.699. The van der Waals surface area contributed by atoms with Crippen LogP contribution in [0.1, 0.15) is 34.6 Å². The molecule has 1 aliphatic rings. The first-order valence-electron chi connectivity index (χ1n) is 7.75. The summed E-state index contributed by atoms with van der Waals surface area (Å²) in [6, 6.07) is 8.60. The van der Waals surface area contributed by atoms with Crippen LogP contribution in [-0.4, -0.2) is 19.6 Å². The van der Waals surface area contributed by atoms with E-state index in [0.717, 1.165) is 37.4 Å². The molecule has 0 saturated heterocycles. The summed E-state index contributed by atoms with van der Waals surface area (Å²) in [5.74, 6) is 2.51. The van der Waals surface area contributed by atoms with Gasteiger partial charge in [0.15, 0.2) is 0 Å². The lowest BCUT2D eigenvalue weighted by Gasteiger charge is -2.12. The Labute approximate surface area is 129 Å². The van der Waals surface area contributed by atoms with Gasteiger partial charge in [0.1, 0.15) is 11.6 Å². The SMILES string of the molecule is Cc1ccc(CNc2c3c(nc4nc(C)nn24)CCC3)cc1. The standard InChI is InChI=1S/C17H19N5/c1-11-6-8-13(9-7-11)10-18-16-14-4-3-5-15(14)20-17-19-12(2)21-22(16)17/h6-9,18H,3-5,10H2,1-2H3. The Bertz CT molecular complexity index is 832. The van der Waals surface area contributed by atoms with E-state index in [0.29, 0.717) is 5.78 Å². The van der Waals surface area contributed by atoms with Gasteiger partial charge in [-0.05, 0) is 38.7 Å². The number of nitrogens with one attached hydrogen (secondary N) is 1. The number of aryl methyl sites for hydroxylation is 3. The molecule has 22 heavy (non-hydrogen) atoms. The molecule has 2 heterocycles. The Morgan fingerprint density at radius 3 is 2.73 bits per heavy atom. The fraction of sp³-hybridized carbons (Fsp3) is 0.353. The Hall–Kier alpha value is -2.43. The zero-order valence-electron chi connectivity index (χ0n) is 12.9. The van der Waals surface area contributed by atoms with Gasteiger partial charge in [-0.15, -0.1) is 5.10 Å². The molecule has 0 bridgehead atoms. The molecule has 112 valence electrons. The third kappa shape index (κ3) is 2.22. The van der Waals surface area contributed by atoms with E-state index < -0.39 is 0 Å². The number of nitrogens with zero attached hydrogens (tertiary/aromatic N) is 4. The molecule has 3 aromatic rings. The average molecular weight is 293 g/mol. The van der Waals surface area contributed by atoms with Gasteiger partial charge >= 0.3 is 0 Å². The number of fused-ring (bicyclic) bond motifs is 2. The Morgan fingerprint density at radius 1 is 1.09 bits per heavy atom. The normalized spacial score (nSPS) is 13.5. The van der Waals surface area contributed by atoms with Gasteiger partial charge < -0.3 is 5.32 Å². The van der Waals surface area contributed by atoms with Crippen LogP contribution in [0.3, 0.4) is 0 Å². The molecule has 0 fully saturated rings. The van der Waals surface area contributed by atoms with Crippen molar-refractivity contribution in [3.05, 3.63) is 52.5 Å². The summed E-state index contributed by atoms with van der Waals surface area (Å²) in [6.45, 7) is 4.79. The van der Waals surface area contributed by atoms with Crippen LogP contribution in [0.5, 0.6) is 0 Å². The molecule has 0 unspecified atom stereocenters. The molecular weight excluding hydrogens is 274 g/mol. The molecule has 4 rings (SSSR count). The highest BCUT2D eigenvalue weighted by atomic mass is 15.4. The van der Waals surface area contributed by atoms with Crippen LogP contribution >= 0.6 is 0 Å². The van der Waals surface area contributed by atoms with E-state index in [1.807, 2.05) is 11.4 Å². The molecule has 1 aromatic carbocycles. The number of benzene rings is 1. The number of rotatable bonds is 3. The zero-order chi connectivity index (χ0) is 15.1. The minimum Gasteiger partial charge on any atom is -0.366 e. The molecule has 5 nitrogen and oxygen atoms in total. The Kier molecular flexibility index (Phi) is 3.06. The second kappa shape index (κ2) is 5.09. The van der Waals surface area contributed by atoms with Gasteiger partial charge in [-0.1, -0.05) is 29.8 Å². The van der Waals surface area contributed by atoms with Crippen molar-refractivity contribution < 1.29 is 0 Å². The highest BCUT2D eigenvalue weighted by molar-refractivity contribution is 5.55. The maximum Gasteiger partial charge on any atom is 0.254 e. The van der Waals surface area contributed by atoms with Crippen molar-refractivity contribution in [3.8, 4) is 0 Å². The van der Waals surface area contributed by atoms with Crippen molar-refractivity contribution in [1.29, 1.82) is 0 Å². The average Bonchev–Trinajstić information content (AvgIpc) is 3.10. The number of hydrogen-bond donors (Lipinski definition) is 1. The van der Waals surface area contributed by atoms with E-state index in [1.165, 1.54) is 22.4 Å². The summed E-state index contributed by atoms with van der Waals surface area (Å²) in [5.41, 5.74) is 5.01. The van der Waals surface area contributed by atoms with Crippen LogP contribution in [0, 0.1) is 13.8 Å². The largest absolute Gasteiger partial charge is 0.366 e. The fourth-order valence-electron chi connectivity index (χ4n) is 3.05. The van der Waals surface area contributed by atoms with E-state index in [4.69, 9.17) is 0 Å². The summed E-state index contributed by atoms with van der Waals surface area (Å²) < 4.78 is 1.85. The van der Waals surface area contributed by atoms with Crippen LogP contribution in [0.25, 0.3) is 5.78 Å². The molecule has 0 radical (unpaired) electrons. The van der Waals surface area contributed by atoms with Gasteiger partial charge in [0.05, 0.1) is 5.69 Å². The Morgan fingerprint density at radius 2 is 1.91 bits per heavy atom. The molecule has 5 heteroatoms. The molecule has 0 atom stereocenters. The second-order valence-corrected chi connectivity index (χ2v) is 5.95. The van der Waals surface area contributed by atoms with Crippen molar-refractivity contribution in [1.82, 2.24) is 19.6 Å². The zero-order valence-corrected chi connectivity index (χ0v) is 12.9. The summed E-state index contributed by atoms with van der Waals surface area (Å²) in [4.78, 5) is 9.07. The first-order chi connectivity index (χ1) is 10.7. The van der Waals surface area contributed by atoms with Crippen LogP contribution < -0.4 is 5.32 Å². The maximum absolute atomic E-state index is 4.65. The van der Waals surface area contributed by atoms with Crippen LogP contribution in [0.15, 0.2) is 24.3 Å². The summed E-state index contributed by atoms with van der Waals surface area (Å²) in [6.07, 6.45) is 3.26. The molecule has 0 amide bonds. The summed E-state index contributed by atoms with van der Waals surface area (Å²) in [5, 5.41) is 8.06. The Balaban J connectivity index is 1.72. The first-order valence-corrected chi connectivity index (χ1v) is 7.75. The van der Waals surface area contributed by atoms with E-state index in [2.05, 4.69) is 51.6 Å². The lowest BCUT2D eigenvalue weighted by molar-refractivity contribution is 0.886. The molecule has 0 saturated carbocycles. The highest BCUT2D eigenvalue weighted by Crippen LogP contribution is 2.28. The van der Waals surface area contributed by atoms with Crippen LogP contribution in [0.2, 0.25) is 0 Å². The predicted octanol–water partition coefficient (Wildman–Crippen LogP) is 2.84. The van der Waals surface area contributed by atoms with Crippen LogP contribution in [-0.2, 0) is 19.4 Å². The van der Waals surface area contributed by atoms with E-state index in [1.54, 1.807) is 0 Å². The van der Waals surface area contributed by atoms with Gasteiger partial charge in [0.2, 0.25) is 0 Å². The molecule has 1 N–H and O–H groups in total. The predicted molar refractivity (Wildman–Crippen MR) is 86.0 cm³/mol. The number of anilines is 1. The van der Waals surface area contributed by atoms with E-state index in [9.17, 15) is 0 Å². The van der Waals surface area contributed by atoms with Crippen molar-refractivity contribution in [3.63, 3.8) is 0 Å². The fourth-order valence-corrected chi connectivity index (χ4v) is 3.05. The molecule has 2 aromatic heterocycles. The van der Waals surface area contributed by atoms with E-state index >= 15 is 0 Å². The third-order valence-electron chi connectivity index (χ3n) is 4.20. The molecule has 0 spiro atoms. The lowest BCUT2D eigenvalue weighted by Crippen LogP contribution is -2.10. The van der Waals surface area contributed by atoms with Gasteiger partial charge in [-0.25, -0.2) is 4.98 Å². The van der Waals surface area contributed by atoms with Crippen LogP contribution in [0.4, 0.5) is 5.82 Å². The summed E-state index contributed by atoms with van der Waals surface area (Å²) >= 11 is 0.